The molecule has 0 amide bonds. The molecule has 0 radical (unpaired) electrons. The summed E-state index contributed by atoms with van der Waals surface area (Å²) < 4.78 is 0. The van der Waals surface area contributed by atoms with Crippen LogP contribution >= 0.6 is 0 Å². The summed E-state index contributed by atoms with van der Waals surface area (Å²) in [5.41, 5.74) is 2.88. The van der Waals surface area contributed by atoms with Crippen LogP contribution < -0.4 is 5.32 Å². The second-order valence-corrected chi connectivity index (χ2v) is 6.95. The fourth-order valence-electron chi connectivity index (χ4n) is 4.72. The molecule has 4 rings (SSSR count). The van der Waals surface area contributed by atoms with Crippen LogP contribution in [-0.4, -0.2) is 30.1 Å². The number of likely N-dealkylation sites (tertiary alicyclic amines) is 1. The van der Waals surface area contributed by atoms with Gasteiger partial charge in [-0.25, -0.2) is 0 Å². The molecule has 3 atom stereocenters. The third-order valence-corrected chi connectivity index (χ3v) is 5.66. The average Bonchev–Trinajstić information content (AvgIpc) is 2.90. The Hall–Kier alpha value is -1.02. The highest BCUT2D eigenvalue weighted by Gasteiger charge is 2.34. The van der Waals surface area contributed by atoms with Gasteiger partial charge in [-0.1, -0.05) is 31.0 Å². The highest BCUT2D eigenvalue weighted by atomic mass is 15.2. The lowest BCUT2D eigenvalue weighted by Crippen LogP contribution is -2.50. The summed E-state index contributed by atoms with van der Waals surface area (Å²) in [6.07, 6.45) is 9.98. The Bertz CT molecular complexity index is 443. The lowest BCUT2D eigenvalue weighted by atomic mass is 9.78. The molecule has 1 N–H and O–H groups in total. The fourth-order valence-corrected chi connectivity index (χ4v) is 4.72. The van der Waals surface area contributed by atoms with E-state index in [-0.39, 0.29) is 0 Å². The van der Waals surface area contributed by atoms with E-state index in [1.165, 1.54) is 69.3 Å². The molecule has 2 aliphatic heterocycles. The predicted molar refractivity (Wildman–Crippen MR) is 84.1 cm³/mol. The molecule has 2 nitrogen and oxygen atoms in total. The fraction of sp³-hybridized carbons (Fsp3) is 0.667. The van der Waals surface area contributed by atoms with Crippen LogP contribution in [0.1, 0.15) is 44.1 Å². The van der Waals surface area contributed by atoms with Crippen LogP contribution in [0.3, 0.4) is 0 Å². The number of nitrogens with one attached hydrogen (secondary N) is 1. The van der Waals surface area contributed by atoms with E-state index < -0.39 is 0 Å². The van der Waals surface area contributed by atoms with Gasteiger partial charge in [-0.05, 0) is 56.2 Å². The molecule has 0 bridgehead atoms. The number of rotatable bonds is 2. The third-order valence-electron chi connectivity index (χ3n) is 5.66. The standard InChI is InChI=1S/C18H26N2/c1-3-9-17-15(7-1)12-16(19-17)13-20-11-5-8-14-6-2-4-10-18(14)20/h1,3,7,9,14,16,18-19H,2,4-6,8,10-13H2/t14-,16?,18-/m1/s1. The summed E-state index contributed by atoms with van der Waals surface area (Å²) in [6.45, 7) is 2.57. The number of nitrogens with zero attached hydrogens (tertiary/aromatic N) is 1. The quantitative estimate of drug-likeness (QED) is 0.882. The Morgan fingerprint density at radius 3 is 2.85 bits per heavy atom. The average molecular weight is 270 g/mol. The summed E-state index contributed by atoms with van der Waals surface area (Å²) in [7, 11) is 0. The molecule has 1 saturated heterocycles. The zero-order chi connectivity index (χ0) is 13.4. The first-order valence-corrected chi connectivity index (χ1v) is 8.48. The molecule has 0 aromatic heterocycles. The molecular formula is C18H26N2. The van der Waals surface area contributed by atoms with E-state index in [0.717, 1.165) is 12.0 Å². The van der Waals surface area contributed by atoms with E-state index in [1.807, 2.05) is 0 Å². The van der Waals surface area contributed by atoms with E-state index in [9.17, 15) is 0 Å². The van der Waals surface area contributed by atoms with E-state index in [2.05, 4.69) is 34.5 Å². The Balaban J connectivity index is 1.42. The Morgan fingerprint density at radius 1 is 1.05 bits per heavy atom. The van der Waals surface area contributed by atoms with Gasteiger partial charge >= 0.3 is 0 Å². The normalized spacial score (nSPS) is 33.3. The van der Waals surface area contributed by atoms with Gasteiger partial charge < -0.3 is 5.32 Å². The van der Waals surface area contributed by atoms with Crippen molar-refractivity contribution >= 4 is 5.69 Å². The number of anilines is 1. The molecule has 1 unspecified atom stereocenters. The zero-order valence-corrected chi connectivity index (χ0v) is 12.4. The van der Waals surface area contributed by atoms with Gasteiger partial charge in [-0.2, -0.15) is 0 Å². The molecule has 1 aliphatic carbocycles. The lowest BCUT2D eigenvalue weighted by molar-refractivity contribution is 0.0582. The van der Waals surface area contributed by atoms with Crippen LogP contribution in [0.5, 0.6) is 0 Å². The largest absolute Gasteiger partial charge is 0.380 e. The first-order valence-electron chi connectivity index (χ1n) is 8.48. The molecule has 3 aliphatic rings. The summed E-state index contributed by atoms with van der Waals surface area (Å²) in [5, 5.41) is 3.74. The topological polar surface area (TPSA) is 15.3 Å². The number of para-hydroxylation sites is 1. The molecule has 20 heavy (non-hydrogen) atoms. The Kier molecular flexibility index (Phi) is 3.43. The van der Waals surface area contributed by atoms with Gasteiger partial charge in [0.25, 0.3) is 0 Å². The Labute approximate surface area is 122 Å². The number of hydrogen-bond donors (Lipinski definition) is 1. The van der Waals surface area contributed by atoms with Crippen molar-refractivity contribution in [3.05, 3.63) is 29.8 Å². The van der Waals surface area contributed by atoms with Gasteiger partial charge in [0.1, 0.15) is 0 Å². The van der Waals surface area contributed by atoms with Crippen LogP contribution in [0.25, 0.3) is 0 Å². The predicted octanol–water partition coefficient (Wildman–Crippen LogP) is 3.68. The molecule has 1 saturated carbocycles. The van der Waals surface area contributed by atoms with Crippen molar-refractivity contribution < 1.29 is 0 Å². The minimum atomic E-state index is 0.632. The van der Waals surface area contributed by atoms with Gasteiger partial charge in [0.2, 0.25) is 0 Å². The van der Waals surface area contributed by atoms with Crippen LogP contribution in [0, 0.1) is 5.92 Å². The number of benzene rings is 1. The van der Waals surface area contributed by atoms with Gasteiger partial charge in [0.05, 0.1) is 0 Å². The summed E-state index contributed by atoms with van der Waals surface area (Å²) in [5.74, 6) is 1.00. The van der Waals surface area contributed by atoms with Gasteiger partial charge in [-0.15, -0.1) is 0 Å². The van der Waals surface area contributed by atoms with Crippen molar-refractivity contribution in [3.8, 4) is 0 Å². The van der Waals surface area contributed by atoms with Crippen LogP contribution in [0.4, 0.5) is 5.69 Å². The van der Waals surface area contributed by atoms with Gasteiger partial charge in [0, 0.05) is 24.3 Å². The highest BCUT2D eigenvalue weighted by Crippen LogP contribution is 2.36. The molecule has 2 fully saturated rings. The van der Waals surface area contributed by atoms with Crippen molar-refractivity contribution in [1.29, 1.82) is 0 Å². The zero-order valence-electron chi connectivity index (χ0n) is 12.4. The van der Waals surface area contributed by atoms with Gasteiger partial charge in [0.15, 0.2) is 0 Å². The van der Waals surface area contributed by atoms with Crippen LogP contribution in [0.15, 0.2) is 24.3 Å². The van der Waals surface area contributed by atoms with Gasteiger partial charge in [-0.3, -0.25) is 4.90 Å². The monoisotopic (exact) mass is 270 g/mol. The van der Waals surface area contributed by atoms with Crippen molar-refractivity contribution in [2.75, 3.05) is 18.4 Å². The molecule has 0 spiro atoms. The third kappa shape index (κ3) is 2.35. The van der Waals surface area contributed by atoms with E-state index in [1.54, 1.807) is 0 Å². The second kappa shape index (κ2) is 5.40. The molecule has 1 aromatic rings. The first kappa shape index (κ1) is 12.7. The van der Waals surface area contributed by atoms with E-state index >= 15 is 0 Å². The van der Waals surface area contributed by atoms with Crippen molar-refractivity contribution in [3.63, 3.8) is 0 Å². The number of fused-ring (bicyclic) bond motifs is 2. The van der Waals surface area contributed by atoms with Crippen molar-refractivity contribution in [1.82, 2.24) is 4.90 Å². The first-order chi connectivity index (χ1) is 9.90. The van der Waals surface area contributed by atoms with Crippen molar-refractivity contribution in [2.24, 2.45) is 5.92 Å². The Morgan fingerprint density at radius 2 is 1.90 bits per heavy atom. The van der Waals surface area contributed by atoms with Crippen LogP contribution in [-0.2, 0) is 6.42 Å². The molecular weight excluding hydrogens is 244 g/mol. The lowest BCUT2D eigenvalue weighted by Gasteiger charge is -2.45. The minimum absolute atomic E-state index is 0.632. The van der Waals surface area contributed by atoms with E-state index in [4.69, 9.17) is 0 Å². The summed E-state index contributed by atoms with van der Waals surface area (Å²) >= 11 is 0. The summed E-state index contributed by atoms with van der Waals surface area (Å²) in [4.78, 5) is 2.82. The molecule has 1 aromatic carbocycles. The minimum Gasteiger partial charge on any atom is -0.380 e. The SMILES string of the molecule is c1ccc2c(c1)CC(CN1CCC[C@H]3CCCC[C@H]31)N2. The highest BCUT2D eigenvalue weighted by molar-refractivity contribution is 5.56. The maximum Gasteiger partial charge on any atom is 0.0429 e. The second-order valence-electron chi connectivity index (χ2n) is 6.95. The number of hydrogen-bond acceptors (Lipinski definition) is 2. The van der Waals surface area contributed by atoms with Crippen LogP contribution in [0.2, 0.25) is 0 Å². The molecule has 108 valence electrons. The smallest absolute Gasteiger partial charge is 0.0429 e. The van der Waals surface area contributed by atoms with E-state index in [0.29, 0.717) is 6.04 Å². The maximum atomic E-state index is 3.74. The molecule has 2 heteroatoms. The molecule has 2 heterocycles. The van der Waals surface area contributed by atoms with Crippen molar-refractivity contribution in [2.45, 2.75) is 57.0 Å². The number of piperidine rings is 1. The maximum absolute atomic E-state index is 3.74. The summed E-state index contributed by atoms with van der Waals surface area (Å²) in [6, 6.07) is 10.3.